The molecule has 0 N–H and O–H groups in total. The first kappa shape index (κ1) is 9.01. The van der Waals surface area contributed by atoms with Gasteiger partial charge in [0.05, 0.1) is 12.2 Å². The summed E-state index contributed by atoms with van der Waals surface area (Å²) in [5.74, 6) is 0. The normalized spacial score (nSPS) is 21.0. The highest BCUT2D eigenvalue weighted by molar-refractivity contribution is 4.63. The fourth-order valence-corrected chi connectivity index (χ4v) is 1.35. The van der Waals surface area contributed by atoms with Crippen molar-refractivity contribution in [3.05, 3.63) is 0 Å². The van der Waals surface area contributed by atoms with Crippen LogP contribution in [0.15, 0.2) is 0 Å². The fraction of sp³-hybridized carbons (Fsp3) is 1.00. The Hall–Kier alpha value is -0.0800. The molecule has 66 valence electrons. The van der Waals surface area contributed by atoms with Crippen LogP contribution in [0.2, 0.25) is 0 Å². The molecule has 1 saturated carbocycles. The Labute approximate surface area is 68.8 Å². The average molecular weight is 158 g/mol. The van der Waals surface area contributed by atoms with Crippen molar-refractivity contribution in [1.29, 1.82) is 0 Å². The summed E-state index contributed by atoms with van der Waals surface area (Å²) in [5.41, 5.74) is 0. The molecular weight excluding hydrogens is 140 g/mol. The van der Waals surface area contributed by atoms with E-state index in [9.17, 15) is 0 Å². The van der Waals surface area contributed by atoms with Crippen LogP contribution < -0.4 is 0 Å². The topological polar surface area (TPSA) is 18.5 Å². The van der Waals surface area contributed by atoms with Gasteiger partial charge in [-0.1, -0.05) is 19.3 Å². The van der Waals surface area contributed by atoms with Gasteiger partial charge in [0, 0.05) is 0 Å². The van der Waals surface area contributed by atoms with Crippen molar-refractivity contribution in [2.75, 3.05) is 0 Å². The standard InChI is InChI=1S/C9H18O2/c1-8(2)10-11-9-6-4-3-5-7-9/h8-9H,3-7H2,1-2H3. The lowest BCUT2D eigenvalue weighted by atomic mass is 9.98. The van der Waals surface area contributed by atoms with Crippen LogP contribution in [-0.2, 0) is 9.78 Å². The molecule has 0 amide bonds. The average Bonchev–Trinajstić information content (AvgIpc) is 2.03. The highest BCUT2D eigenvalue weighted by atomic mass is 17.2. The van der Waals surface area contributed by atoms with E-state index >= 15 is 0 Å². The molecule has 1 aliphatic carbocycles. The SMILES string of the molecule is CC(C)OOC1CCCCC1. The van der Waals surface area contributed by atoms with Crippen molar-refractivity contribution in [2.45, 2.75) is 58.2 Å². The van der Waals surface area contributed by atoms with Gasteiger partial charge in [0.1, 0.15) is 0 Å². The second-order valence-corrected chi connectivity index (χ2v) is 3.50. The van der Waals surface area contributed by atoms with Crippen molar-refractivity contribution in [1.82, 2.24) is 0 Å². The molecule has 2 nitrogen and oxygen atoms in total. The van der Waals surface area contributed by atoms with E-state index in [1.165, 1.54) is 32.1 Å². The lowest BCUT2D eigenvalue weighted by molar-refractivity contribution is -0.348. The molecule has 0 atom stereocenters. The van der Waals surface area contributed by atoms with E-state index in [-0.39, 0.29) is 6.10 Å². The first-order valence-electron chi connectivity index (χ1n) is 4.61. The predicted octanol–water partition coefficient (Wildman–Crippen LogP) is 2.68. The molecule has 0 aromatic carbocycles. The lowest BCUT2D eigenvalue weighted by Gasteiger charge is -2.21. The van der Waals surface area contributed by atoms with E-state index < -0.39 is 0 Å². The third kappa shape index (κ3) is 3.73. The zero-order valence-electron chi connectivity index (χ0n) is 7.51. The van der Waals surface area contributed by atoms with Crippen LogP contribution in [-0.4, -0.2) is 12.2 Å². The van der Waals surface area contributed by atoms with Crippen LogP contribution in [0.4, 0.5) is 0 Å². The molecule has 0 bridgehead atoms. The molecule has 0 saturated heterocycles. The van der Waals surface area contributed by atoms with E-state index in [2.05, 4.69) is 0 Å². The molecule has 1 aliphatic rings. The van der Waals surface area contributed by atoms with Gasteiger partial charge >= 0.3 is 0 Å². The van der Waals surface area contributed by atoms with Crippen molar-refractivity contribution < 1.29 is 9.78 Å². The highest BCUT2D eigenvalue weighted by Gasteiger charge is 2.14. The van der Waals surface area contributed by atoms with Gasteiger partial charge in [0.15, 0.2) is 0 Å². The monoisotopic (exact) mass is 158 g/mol. The molecule has 1 rings (SSSR count). The number of hydrogen-bond donors (Lipinski definition) is 0. The summed E-state index contributed by atoms with van der Waals surface area (Å²) < 4.78 is 0. The van der Waals surface area contributed by atoms with Crippen LogP contribution in [0.25, 0.3) is 0 Å². The van der Waals surface area contributed by atoms with Crippen LogP contribution >= 0.6 is 0 Å². The quantitative estimate of drug-likeness (QED) is 0.464. The summed E-state index contributed by atoms with van der Waals surface area (Å²) in [6.07, 6.45) is 6.86. The predicted molar refractivity (Wildman–Crippen MR) is 44.2 cm³/mol. The Bertz CT molecular complexity index is 95.7. The molecule has 0 aliphatic heterocycles. The maximum Gasteiger partial charge on any atom is 0.0930 e. The van der Waals surface area contributed by atoms with Gasteiger partial charge in [-0.3, -0.25) is 0 Å². The smallest absolute Gasteiger partial charge is 0.0930 e. The summed E-state index contributed by atoms with van der Waals surface area (Å²) in [5, 5.41) is 0. The van der Waals surface area contributed by atoms with Gasteiger partial charge in [-0.25, -0.2) is 9.78 Å². The lowest BCUT2D eigenvalue weighted by Crippen LogP contribution is -2.18. The molecule has 1 fully saturated rings. The molecule has 0 aromatic heterocycles. The Morgan fingerprint density at radius 1 is 1.09 bits per heavy atom. The molecule has 0 heterocycles. The molecule has 0 spiro atoms. The molecule has 0 aromatic rings. The third-order valence-corrected chi connectivity index (χ3v) is 1.94. The van der Waals surface area contributed by atoms with Crippen LogP contribution in [0, 0.1) is 0 Å². The number of hydrogen-bond acceptors (Lipinski definition) is 2. The molecular formula is C9H18O2. The van der Waals surface area contributed by atoms with E-state index in [1.54, 1.807) is 0 Å². The second-order valence-electron chi connectivity index (χ2n) is 3.50. The summed E-state index contributed by atoms with van der Waals surface area (Å²) in [6.45, 7) is 3.98. The van der Waals surface area contributed by atoms with E-state index in [4.69, 9.17) is 9.78 Å². The Kier molecular flexibility index (Phi) is 3.87. The Morgan fingerprint density at radius 2 is 1.73 bits per heavy atom. The summed E-state index contributed by atoms with van der Waals surface area (Å²) in [6, 6.07) is 0. The van der Waals surface area contributed by atoms with Crippen molar-refractivity contribution >= 4 is 0 Å². The largest absolute Gasteiger partial charge is 0.234 e. The van der Waals surface area contributed by atoms with Gasteiger partial charge in [0.2, 0.25) is 0 Å². The zero-order valence-corrected chi connectivity index (χ0v) is 7.51. The minimum atomic E-state index is 0.192. The summed E-state index contributed by atoms with van der Waals surface area (Å²) in [7, 11) is 0. The summed E-state index contributed by atoms with van der Waals surface area (Å²) >= 11 is 0. The molecule has 0 radical (unpaired) electrons. The van der Waals surface area contributed by atoms with Crippen molar-refractivity contribution in [2.24, 2.45) is 0 Å². The maximum absolute atomic E-state index is 5.24. The third-order valence-electron chi connectivity index (χ3n) is 1.94. The van der Waals surface area contributed by atoms with Gasteiger partial charge in [-0.05, 0) is 26.7 Å². The molecule has 0 unspecified atom stereocenters. The van der Waals surface area contributed by atoms with E-state index in [0.717, 1.165) is 0 Å². The zero-order chi connectivity index (χ0) is 8.10. The first-order valence-corrected chi connectivity index (χ1v) is 4.61. The first-order chi connectivity index (χ1) is 5.29. The highest BCUT2D eigenvalue weighted by Crippen LogP contribution is 2.20. The second kappa shape index (κ2) is 4.73. The van der Waals surface area contributed by atoms with Crippen LogP contribution in [0.5, 0.6) is 0 Å². The Balaban J connectivity index is 2.05. The van der Waals surface area contributed by atoms with E-state index in [1.807, 2.05) is 13.8 Å². The molecule has 11 heavy (non-hydrogen) atoms. The van der Waals surface area contributed by atoms with Crippen LogP contribution in [0.3, 0.4) is 0 Å². The minimum absolute atomic E-state index is 0.192. The van der Waals surface area contributed by atoms with Crippen molar-refractivity contribution in [3.63, 3.8) is 0 Å². The van der Waals surface area contributed by atoms with Gasteiger partial charge < -0.3 is 0 Å². The van der Waals surface area contributed by atoms with Crippen LogP contribution in [0.1, 0.15) is 46.0 Å². The van der Waals surface area contributed by atoms with Gasteiger partial charge in [-0.15, -0.1) is 0 Å². The Morgan fingerprint density at radius 3 is 2.27 bits per heavy atom. The van der Waals surface area contributed by atoms with Gasteiger partial charge in [0.25, 0.3) is 0 Å². The minimum Gasteiger partial charge on any atom is -0.234 e. The van der Waals surface area contributed by atoms with Crippen molar-refractivity contribution in [3.8, 4) is 0 Å². The summed E-state index contributed by atoms with van der Waals surface area (Å²) in [4.78, 5) is 10.3. The number of rotatable bonds is 3. The fourth-order valence-electron chi connectivity index (χ4n) is 1.35. The maximum atomic E-state index is 5.24. The van der Waals surface area contributed by atoms with Gasteiger partial charge in [-0.2, -0.15) is 0 Å². The van der Waals surface area contributed by atoms with E-state index in [0.29, 0.717) is 6.10 Å². The molecule has 2 heteroatoms.